The number of methoxy groups -OCH3 is 1. The summed E-state index contributed by atoms with van der Waals surface area (Å²) in [5, 5.41) is 2.43. The summed E-state index contributed by atoms with van der Waals surface area (Å²) in [6.07, 6.45) is 2.25. The number of ether oxygens (including phenoxy) is 4. The number of hydrogen-bond acceptors (Lipinski definition) is 10. The van der Waals surface area contributed by atoms with Gasteiger partial charge < -0.3 is 29.2 Å². The Bertz CT molecular complexity index is 1550. The highest BCUT2D eigenvalue weighted by molar-refractivity contribution is 7.92. The Morgan fingerprint density at radius 2 is 1.68 bits per heavy atom. The van der Waals surface area contributed by atoms with Crippen molar-refractivity contribution >= 4 is 27.8 Å². The van der Waals surface area contributed by atoms with Gasteiger partial charge in [0.15, 0.2) is 5.82 Å². The van der Waals surface area contributed by atoms with Crippen LogP contribution in [0.4, 0.5) is 10.6 Å². The van der Waals surface area contributed by atoms with E-state index in [2.05, 4.69) is 20.0 Å². The zero-order chi connectivity index (χ0) is 31.7. The van der Waals surface area contributed by atoms with Gasteiger partial charge in [-0.1, -0.05) is 39.0 Å². The van der Waals surface area contributed by atoms with Crippen LogP contribution in [0, 0.1) is 0 Å². The fraction of sp³-hybridized carbons (Fsp3) is 0.400. The number of rotatable bonds is 12. The summed E-state index contributed by atoms with van der Waals surface area (Å²) in [4.78, 5) is 34.1. The third-order valence-electron chi connectivity index (χ3n) is 6.69. The third kappa shape index (κ3) is 8.72. The van der Waals surface area contributed by atoms with E-state index in [1.165, 1.54) is 19.2 Å². The van der Waals surface area contributed by atoms with E-state index in [1.807, 2.05) is 20.8 Å². The maximum Gasteiger partial charge on any atom is 0.407 e. The number of sulfonamides is 1. The van der Waals surface area contributed by atoms with Gasteiger partial charge >= 0.3 is 6.09 Å². The van der Waals surface area contributed by atoms with E-state index < -0.39 is 16.1 Å². The largest absolute Gasteiger partial charge is 0.497 e. The first kappa shape index (κ1) is 32.3. The van der Waals surface area contributed by atoms with Crippen molar-refractivity contribution in [2.24, 2.45) is 0 Å². The quantitative estimate of drug-likeness (QED) is 0.280. The fourth-order valence-corrected chi connectivity index (χ4v) is 5.29. The summed E-state index contributed by atoms with van der Waals surface area (Å²) in [7, 11) is -2.58. The van der Waals surface area contributed by atoms with E-state index in [4.69, 9.17) is 18.9 Å². The van der Waals surface area contributed by atoms with Crippen LogP contribution in [-0.2, 0) is 25.0 Å². The standard InChI is InChI=1S/C30H37N5O8S/c1-30(2,3)21-10-12-24(13-11-21)44(38,39)34-27-26(43-23-9-7-8-22(18-23)40-4)28(33-20-32-27)41-16-17-42-29(37)31-19-25(36)35-14-5-6-15-35/h7-13,18,20H,5-6,14-17,19H2,1-4H3,(H,31,37)(H,32,33,34). The van der Waals surface area contributed by atoms with Crippen molar-refractivity contribution in [3.05, 3.63) is 60.4 Å². The number of hydrogen-bond donors (Lipinski definition) is 2. The lowest BCUT2D eigenvalue weighted by Gasteiger charge is -2.19. The monoisotopic (exact) mass is 627 g/mol. The average Bonchev–Trinajstić information content (AvgIpc) is 3.54. The highest BCUT2D eigenvalue weighted by Crippen LogP contribution is 2.37. The molecule has 2 aromatic carbocycles. The Morgan fingerprint density at radius 1 is 0.977 bits per heavy atom. The van der Waals surface area contributed by atoms with Crippen LogP contribution < -0.4 is 24.2 Å². The Morgan fingerprint density at radius 3 is 2.36 bits per heavy atom. The molecule has 0 spiro atoms. The molecule has 0 saturated carbocycles. The topological polar surface area (TPSA) is 158 Å². The molecular weight excluding hydrogens is 590 g/mol. The van der Waals surface area contributed by atoms with Crippen LogP contribution in [0.1, 0.15) is 39.2 Å². The smallest absolute Gasteiger partial charge is 0.407 e. The van der Waals surface area contributed by atoms with Gasteiger partial charge in [-0.15, -0.1) is 0 Å². The molecule has 2 N–H and O–H groups in total. The van der Waals surface area contributed by atoms with Crippen LogP contribution in [0.15, 0.2) is 59.8 Å². The van der Waals surface area contributed by atoms with Crippen LogP contribution in [0.2, 0.25) is 0 Å². The Hall–Kier alpha value is -4.59. The van der Waals surface area contributed by atoms with Crippen LogP contribution in [0.3, 0.4) is 0 Å². The van der Waals surface area contributed by atoms with Crippen molar-refractivity contribution in [1.82, 2.24) is 20.2 Å². The lowest BCUT2D eigenvalue weighted by Crippen LogP contribution is -2.39. The van der Waals surface area contributed by atoms with E-state index in [9.17, 15) is 18.0 Å². The molecule has 1 aliphatic rings. The lowest BCUT2D eigenvalue weighted by molar-refractivity contribution is -0.129. The summed E-state index contributed by atoms with van der Waals surface area (Å²) in [5.74, 6) is 0.254. The first-order valence-corrected chi connectivity index (χ1v) is 15.6. The van der Waals surface area contributed by atoms with Gasteiger partial charge in [0.05, 0.1) is 12.0 Å². The van der Waals surface area contributed by atoms with E-state index in [1.54, 1.807) is 41.3 Å². The maximum absolute atomic E-state index is 13.3. The molecular formula is C30H37N5O8S. The van der Waals surface area contributed by atoms with Gasteiger partial charge in [-0.3, -0.25) is 9.52 Å². The molecule has 13 nitrogen and oxygen atoms in total. The van der Waals surface area contributed by atoms with Gasteiger partial charge in [0.2, 0.25) is 11.7 Å². The number of carbonyl (C=O) groups excluding carboxylic acids is 2. The summed E-state index contributed by atoms with van der Waals surface area (Å²) >= 11 is 0. The summed E-state index contributed by atoms with van der Waals surface area (Å²) in [6, 6.07) is 13.2. The number of likely N-dealkylation sites (tertiary alicyclic amines) is 1. The number of benzene rings is 2. The van der Waals surface area contributed by atoms with E-state index in [-0.39, 0.29) is 53.4 Å². The molecule has 1 fully saturated rings. The van der Waals surface area contributed by atoms with E-state index in [0.717, 1.165) is 24.7 Å². The Balaban J connectivity index is 1.47. The van der Waals surface area contributed by atoms with Crippen molar-refractivity contribution in [1.29, 1.82) is 0 Å². The molecule has 1 aromatic heterocycles. The number of nitrogens with zero attached hydrogens (tertiary/aromatic N) is 3. The molecule has 4 rings (SSSR count). The second-order valence-corrected chi connectivity index (χ2v) is 12.6. The highest BCUT2D eigenvalue weighted by Gasteiger charge is 2.24. The highest BCUT2D eigenvalue weighted by atomic mass is 32.2. The normalized spacial score (nSPS) is 13.2. The second kappa shape index (κ2) is 14.3. The van der Waals surface area contributed by atoms with Crippen LogP contribution in [0.25, 0.3) is 0 Å². The number of aromatic nitrogens is 2. The molecule has 0 atom stereocenters. The van der Waals surface area contributed by atoms with Crippen molar-refractivity contribution in [3.8, 4) is 23.1 Å². The Labute approximate surface area is 256 Å². The molecule has 14 heteroatoms. The Kier molecular flexibility index (Phi) is 10.5. The van der Waals surface area contributed by atoms with E-state index >= 15 is 0 Å². The minimum absolute atomic E-state index is 0.0292. The molecule has 2 heterocycles. The van der Waals surface area contributed by atoms with Gasteiger partial charge in [0.25, 0.3) is 15.9 Å². The van der Waals surface area contributed by atoms with E-state index in [0.29, 0.717) is 24.6 Å². The van der Waals surface area contributed by atoms with Crippen LogP contribution in [0.5, 0.6) is 23.1 Å². The number of nitrogens with one attached hydrogen (secondary N) is 2. The summed E-state index contributed by atoms with van der Waals surface area (Å²) in [6.45, 7) is 6.97. The second-order valence-electron chi connectivity index (χ2n) is 10.9. The van der Waals surface area contributed by atoms with Gasteiger partial charge in [0, 0.05) is 19.2 Å². The third-order valence-corrected chi connectivity index (χ3v) is 8.05. The maximum atomic E-state index is 13.3. The van der Waals surface area contributed by atoms with Crippen LogP contribution >= 0.6 is 0 Å². The minimum atomic E-state index is -4.09. The molecule has 0 radical (unpaired) electrons. The van der Waals surface area contributed by atoms with Gasteiger partial charge in [-0.2, -0.15) is 4.98 Å². The van der Waals surface area contributed by atoms with Gasteiger partial charge in [-0.05, 0) is 48.1 Å². The molecule has 3 aromatic rings. The van der Waals surface area contributed by atoms with Crippen LogP contribution in [-0.4, -0.2) is 75.2 Å². The molecule has 2 amide bonds. The molecule has 0 unspecified atom stereocenters. The molecule has 0 aliphatic carbocycles. The number of carbonyl (C=O) groups is 2. The lowest BCUT2D eigenvalue weighted by atomic mass is 9.87. The van der Waals surface area contributed by atoms with Crippen molar-refractivity contribution in [2.75, 3.05) is 44.7 Å². The number of amides is 2. The van der Waals surface area contributed by atoms with Gasteiger partial charge in [0.1, 0.15) is 37.6 Å². The first-order chi connectivity index (χ1) is 21.0. The molecule has 44 heavy (non-hydrogen) atoms. The predicted octanol–water partition coefficient (Wildman–Crippen LogP) is 4.10. The average molecular weight is 628 g/mol. The van der Waals surface area contributed by atoms with Gasteiger partial charge in [-0.25, -0.2) is 18.2 Å². The zero-order valence-electron chi connectivity index (χ0n) is 25.2. The zero-order valence-corrected chi connectivity index (χ0v) is 26.0. The van der Waals surface area contributed by atoms with Crippen molar-refractivity contribution in [3.63, 3.8) is 0 Å². The minimum Gasteiger partial charge on any atom is -0.497 e. The summed E-state index contributed by atoms with van der Waals surface area (Å²) < 4.78 is 51.2. The predicted molar refractivity (Wildman–Crippen MR) is 162 cm³/mol. The molecule has 0 bridgehead atoms. The molecule has 236 valence electrons. The van der Waals surface area contributed by atoms with Crippen molar-refractivity contribution in [2.45, 2.75) is 43.9 Å². The first-order valence-electron chi connectivity index (χ1n) is 14.1. The fourth-order valence-electron chi connectivity index (χ4n) is 4.28. The molecule has 1 saturated heterocycles. The molecule has 1 aliphatic heterocycles. The summed E-state index contributed by atoms with van der Waals surface area (Å²) in [5.41, 5.74) is 0.826. The number of alkyl carbamates (subject to hydrolysis) is 1. The number of anilines is 1. The van der Waals surface area contributed by atoms with Crippen molar-refractivity contribution < 1.29 is 37.0 Å². The SMILES string of the molecule is COc1cccc(Oc2c(NS(=O)(=O)c3ccc(C(C)(C)C)cc3)ncnc2OCCOC(=O)NCC(=O)N2CCCC2)c1.